The molecule has 25 heavy (non-hydrogen) atoms. The van der Waals surface area contributed by atoms with Crippen molar-refractivity contribution in [3.63, 3.8) is 0 Å². The lowest BCUT2D eigenvalue weighted by Crippen LogP contribution is -2.33. The summed E-state index contributed by atoms with van der Waals surface area (Å²) in [5.74, 6) is -0.950. The Morgan fingerprint density at radius 3 is 2.64 bits per heavy atom. The van der Waals surface area contributed by atoms with Crippen LogP contribution in [0.15, 0.2) is 34.0 Å². The van der Waals surface area contributed by atoms with E-state index in [0.29, 0.717) is 11.4 Å². The summed E-state index contributed by atoms with van der Waals surface area (Å²) in [6.45, 7) is 5.34. The van der Waals surface area contributed by atoms with Gasteiger partial charge in [0.05, 0.1) is 17.7 Å². The van der Waals surface area contributed by atoms with Crippen molar-refractivity contribution in [1.82, 2.24) is 9.55 Å². The Hall–Kier alpha value is -3.16. The molecule has 1 aromatic carbocycles. The molecule has 2 aromatic rings. The summed E-state index contributed by atoms with van der Waals surface area (Å²) in [6, 6.07) is 5.01. The quantitative estimate of drug-likeness (QED) is 0.806. The van der Waals surface area contributed by atoms with Gasteiger partial charge in [-0.05, 0) is 38.5 Å². The molecule has 0 atom stereocenters. The fourth-order valence-corrected chi connectivity index (χ4v) is 2.75. The fourth-order valence-electron chi connectivity index (χ4n) is 2.75. The van der Waals surface area contributed by atoms with Crippen molar-refractivity contribution in [2.45, 2.75) is 26.2 Å². The van der Waals surface area contributed by atoms with Crippen molar-refractivity contribution in [2.75, 3.05) is 11.9 Å². The van der Waals surface area contributed by atoms with Gasteiger partial charge in [-0.2, -0.15) is 0 Å². The summed E-state index contributed by atoms with van der Waals surface area (Å²) in [6.07, 6.45) is 1.14. The molecule has 0 fully saturated rings. The molecular formula is C17H17N3O5. The number of H-pyrrole nitrogens is 1. The molecule has 0 radical (unpaired) electrons. The first-order chi connectivity index (χ1) is 11.8. The molecule has 1 aliphatic heterocycles. The maximum Gasteiger partial charge on any atom is 0.345 e. The number of carbonyl (C=O) groups is 2. The highest BCUT2D eigenvalue weighted by molar-refractivity contribution is 6.05. The van der Waals surface area contributed by atoms with Crippen LogP contribution in [0.5, 0.6) is 0 Å². The van der Waals surface area contributed by atoms with E-state index >= 15 is 0 Å². The van der Waals surface area contributed by atoms with Gasteiger partial charge in [0.1, 0.15) is 5.56 Å². The van der Waals surface area contributed by atoms with Crippen LogP contribution in [0.3, 0.4) is 0 Å². The summed E-state index contributed by atoms with van der Waals surface area (Å²) in [7, 11) is 0. The van der Waals surface area contributed by atoms with Crippen molar-refractivity contribution in [3.05, 3.63) is 56.4 Å². The lowest BCUT2D eigenvalue weighted by molar-refractivity contribution is -0.119. The van der Waals surface area contributed by atoms with Gasteiger partial charge in [-0.3, -0.25) is 19.1 Å². The Labute approximate surface area is 142 Å². The number of esters is 1. The number of aromatic amines is 1. The number of benzene rings is 1. The third-order valence-corrected chi connectivity index (χ3v) is 4.21. The maximum atomic E-state index is 12.1. The van der Waals surface area contributed by atoms with Gasteiger partial charge >= 0.3 is 11.7 Å². The van der Waals surface area contributed by atoms with Crippen LogP contribution in [0.4, 0.5) is 5.69 Å². The second-order valence-electron chi connectivity index (χ2n) is 6.20. The topological polar surface area (TPSA) is 110 Å². The average molecular weight is 343 g/mol. The van der Waals surface area contributed by atoms with Crippen molar-refractivity contribution in [3.8, 4) is 5.69 Å². The van der Waals surface area contributed by atoms with E-state index in [2.05, 4.69) is 10.3 Å². The van der Waals surface area contributed by atoms with Gasteiger partial charge in [0.15, 0.2) is 0 Å². The minimum absolute atomic E-state index is 0.108. The molecule has 0 unspecified atom stereocenters. The van der Waals surface area contributed by atoms with E-state index in [9.17, 15) is 19.2 Å². The first kappa shape index (κ1) is 16.7. The summed E-state index contributed by atoms with van der Waals surface area (Å²) >= 11 is 0. The molecule has 2 heterocycles. The van der Waals surface area contributed by atoms with Gasteiger partial charge < -0.3 is 10.1 Å². The van der Waals surface area contributed by atoms with Crippen molar-refractivity contribution < 1.29 is 14.3 Å². The molecule has 2 N–H and O–H groups in total. The van der Waals surface area contributed by atoms with E-state index in [1.165, 1.54) is 0 Å². The third kappa shape index (κ3) is 2.65. The lowest BCUT2D eigenvalue weighted by atomic mass is 9.86. The van der Waals surface area contributed by atoms with Crippen LogP contribution in [0.2, 0.25) is 0 Å². The van der Waals surface area contributed by atoms with E-state index < -0.39 is 22.6 Å². The van der Waals surface area contributed by atoms with Crippen LogP contribution in [-0.4, -0.2) is 28.0 Å². The molecule has 1 aliphatic rings. The highest BCUT2D eigenvalue weighted by atomic mass is 16.5. The number of rotatable bonds is 3. The zero-order valence-corrected chi connectivity index (χ0v) is 14.0. The monoisotopic (exact) mass is 343 g/mol. The third-order valence-electron chi connectivity index (χ3n) is 4.21. The SMILES string of the molecule is CCOC(=O)c1cn(-c2ccc3c(c2)NC(=O)C3(C)C)c(=O)[nH]c1=O. The number of hydrogen-bond donors (Lipinski definition) is 2. The Balaban J connectivity index is 2.13. The molecule has 1 amide bonds. The van der Waals surface area contributed by atoms with Crippen LogP contribution < -0.4 is 16.6 Å². The van der Waals surface area contributed by atoms with Gasteiger partial charge in [0, 0.05) is 11.9 Å². The van der Waals surface area contributed by atoms with Crippen molar-refractivity contribution >= 4 is 17.6 Å². The molecular weight excluding hydrogens is 326 g/mol. The number of nitrogens with zero attached hydrogens (tertiary/aromatic N) is 1. The van der Waals surface area contributed by atoms with Crippen LogP contribution in [0.1, 0.15) is 36.7 Å². The molecule has 130 valence electrons. The van der Waals surface area contributed by atoms with Crippen LogP contribution in [-0.2, 0) is 14.9 Å². The lowest BCUT2D eigenvalue weighted by Gasteiger charge is -2.15. The van der Waals surface area contributed by atoms with Crippen molar-refractivity contribution in [1.29, 1.82) is 0 Å². The zero-order valence-electron chi connectivity index (χ0n) is 14.0. The largest absolute Gasteiger partial charge is 0.462 e. The minimum Gasteiger partial charge on any atom is -0.462 e. The Kier molecular flexibility index (Phi) is 3.82. The maximum absolute atomic E-state index is 12.1. The normalized spacial score (nSPS) is 14.8. The molecule has 3 rings (SSSR count). The zero-order chi connectivity index (χ0) is 18.4. The highest BCUT2D eigenvalue weighted by Gasteiger charge is 2.38. The number of hydrogen-bond acceptors (Lipinski definition) is 5. The van der Waals surface area contributed by atoms with Crippen LogP contribution in [0, 0.1) is 0 Å². The number of aromatic nitrogens is 2. The molecule has 0 spiro atoms. The van der Waals surface area contributed by atoms with E-state index in [-0.39, 0.29) is 18.1 Å². The van der Waals surface area contributed by atoms with Crippen LogP contribution in [0.25, 0.3) is 5.69 Å². The number of fused-ring (bicyclic) bond motifs is 1. The van der Waals surface area contributed by atoms with E-state index in [1.54, 1.807) is 39.0 Å². The van der Waals surface area contributed by atoms with Crippen LogP contribution >= 0.6 is 0 Å². The van der Waals surface area contributed by atoms with Gasteiger partial charge in [0.25, 0.3) is 5.56 Å². The fraction of sp³-hybridized carbons (Fsp3) is 0.294. The first-order valence-corrected chi connectivity index (χ1v) is 7.75. The molecule has 0 saturated heterocycles. The number of carbonyl (C=O) groups excluding carboxylic acids is 2. The highest BCUT2D eigenvalue weighted by Crippen LogP contribution is 2.38. The number of ether oxygens (including phenoxy) is 1. The van der Waals surface area contributed by atoms with Crippen molar-refractivity contribution in [2.24, 2.45) is 0 Å². The summed E-state index contributed by atoms with van der Waals surface area (Å²) in [4.78, 5) is 50.0. The standard InChI is InChI=1S/C17H17N3O5/c1-4-25-14(22)10-8-20(16(24)19-13(10)21)9-5-6-11-12(7-9)18-15(23)17(11,2)3/h5-8H,4H2,1-3H3,(H,18,23)(H,19,21,24). The predicted octanol–water partition coefficient (Wildman–Crippen LogP) is 0.932. The Morgan fingerprint density at radius 2 is 1.96 bits per heavy atom. The van der Waals surface area contributed by atoms with E-state index in [4.69, 9.17) is 4.74 Å². The summed E-state index contributed by atoms with van der Waals surface area (Å²) in [5.41, 5.74) is -0.640. The molecule has 1 aromatic heterocycles. The molecule has 8 nitrogen and oxygen atoms in total. The summed E-state index contributed by atoms with van der Waals surface area (Å²) in [5, 5.41) is 2.77. The van der Waals surface area contributed by atoms with Gasteiger partial charge in [-0.25, -0.2) is 9.59 Å². The Morgan fingerprint density at radius 1 is 1.24 bits per heavy atom. The second-order valence-corrected chi connectivity index (χ2v) is 6.20. The minimum atomic E-state index is -0.812. The molecule has 8 heteroatoms. The summed E-state index contributed by atoms with van der Waals surface area (Å²) < 4.78 is 5.95. The smallest absolute Gasteiger partial charge is 0.345 e. The average Bonchev–Trinajstić information content (AvgIpc) is 2.76. The van der Waals surface area contributed by atoms with Gasteiger partial charge in [-0.1, -0.05) is 6.07 Å². The number of nitrogens with one attached hydrogen (secondary N) is 2. The predicted molar refractivity (Wildman–Crippen MR) is 90.3 cm³/mol. The first-order valence-electron chi connectivity index (χ1n) is 7.75. The second kappa shape index (κ2) is 5.73. The molecule has 0 aliphatic carbocycles. The van der Waals surface area contributed by atoms with Gasteiger partial charge in [0.2, 0.25) is 5.91 Å². The molecule has 0 saturated carbocycles. The Bertz CT molecular complexity index is 1000. The molecule has 0 bridgehead atoms. The number of anilines is 1. The number of amides is 1. The van der Waals surface area contributed by atoms with E-state index in [1.807, 2.05) is 0 Å². The van der Waals surface area contributed by atoms with E-state index in [0.717, 1.165) is 16.3 Å². The van der Waals surface area contributed by atoms with Gasteiger partial charge in [-0.15, -0.1) is 0 Å².